The lowest BCUT2D eigenvalue weighted by atomic mass is 10.1. The SMILES string of the molecule is COc1ccc(CCNC(=O)N/C=C/c2ccccc2)cc1. The van der Waals surface area contributed by atoms with Crippen LogP contribution >= 0.6 is 0 Å². The van der Waals surface area contributed by atoms with Crippen molar-refractivity contribution in [1.29, 1.82) is 0 Å². The summed E-state index contributed by atoms with van der Waals surface area (Å²) in [5.41, 5.74) is 2.20. The number of carbonyl (C=O) groups is 1. The maximum absolute atomic E-state index is 11.6. The van der Waals surface area contributed by atoms with Crippen molar-refractivity contribution in [2.24, 2.45) is 0 Å². The molecule has 2 N–H and O–H groups in total. The number of hydrogen-bond acceptors (Lipinski definition) is 2. The van der Waals surface area contributed by atoms with E-state index in [1.165, 1.54) is 0 Å². The second-order valence-corrected chi connectivity index (χ2v) is 4.74. The van der Waals surface area contributed by atoms with E-state index in [1.807, 2.05) is 60.7 Å². The largest absolute Gasteiger partial charge is 0.497 e. The van der Waals surface area contributed by atoms with Crippen molar-refractivity contribution in [1.82, 2.24) is 10.6 Å². The number of nitrogens with one attached hydrogen (secondary N) is 2. The highest BCUT2D eigenvalue weighted by atomic mass is 16.5. The zero-order valence-electron chi connectivity index (χ0n) is 12.6. The molecular formula is C18H20N2O2. The normalized spacial score (nSPS) is 10.4. The van der Waals surface area contributed by atoms with Crippen LogP contribution in [0, 0.1) is 0 Å². The molecule has 114 valence electrons. The van der Waals surface area contributed by atoms with Crippen molar-refractivity contribution in [3.8, 4) is 5.75 Å². The Morgan fingerprint density at radius 2 is 1.82 bits per heavy atom. The van der Waals surface area contributed by atoms with Gasteiger partial charge in [0.25, 0.3) is 0 Å². The number of methoxy groups -OCH3 is 1. The van der Waals surface area contributed by atoms with Gasteiger partial charge in [-0.2, -0.15) is 0 Å². The molecule has 4 nitrogen and oxygen atoms in total. The van der Waals surface area contributed by atoms with Crippen LogP contribution in [0.25, 0.3) is 6.08 Å². The van der Waals surface area contributed by atoms with Crippen molar-refractivity contribution < 1.29 is 9.53 Å². The molecule has 2 amide bonds. The number of ether oxygens (including phenoxy) is 1. The van der Waals surface area contributed by atoms with E-state index in [-0.39, 0.29) is 6.03 Å². The predicted octanol–water partition coefficient (Wildman–Crippen LogP) is 3.21. The van der Waals surface area contributed by atoms with Gasteiger partial charge in [0.1, 0.15) is 5.75 Å². The van der Waals surface area contributed by atoms with Gasteiger partial charge in [0.05, 0.1) is 7.11 Å². The van der Waals surface area contributed by atoms with Gasteiger partial charge >= 0.3 is 6.03 Å². The van der Waals surface area contributed by atoms with Gasteiger partial charge in [-0.25, -0.2) is 4.79 Å². The van der Waals surface area contributed by atoms with E-state index in [0.717, 1.165) is 23.3 Å². The molecule has 22 heavy (non-hydrogen) atoms. The Morgan fingerprint density at radius 3 is 2.50 bits per heavy atom. The zero-order chi connectivity index (χ0) is 15.6. The molecule has 2 aromatic carbocycles. The molecule has 0 aliphatic carbocycles. The van der Waals surface area contributed by atoms with Crippen molar-refractivity contribution in [3.05, 3.63) is 71.9 Å². The molecule has 0 aromatic heterocycles. The second-order valence-electron chi connectivity index (χ2n) is 4.74. The van der Waals surface area contributed by atoms with Gasteiger partial charge in [-0.05, 0) is 35.8 Å². The van der Waals surface area contributed by atoms with Gasteiger partial charge in [0.15, 0.2) is 0 Å². The van der Waals surface area contributed by atoms with Crippen molar-refractivity contribution in [2.45, 2.75) is 6.42 Å². The lowest BCUT2D eigenvalue weighted by molar-refractivity contribution is 0.244. The zero-order valence-corrected chi connectivity index (χ0v) is 12.6. The predicted molar refractivity (Wildman–Crippen MR) is 88.7 cm³/mol. The quantitative estimate of drug-likeness (QED) is 0.860. The van der Waals surface area contributed by atoms with Crippen LogP contribution in [0.3, 0.4) is 0 Å². The average molecular weight is 296 g/mol. The van der Waals surface area contributed by atoms with Gasteiger partial charge in [-0.3, -0.25) is 0 Å². The van der Waals surface area contributed by atoms with E-state index in [2.05, 4.69) is 10.6 Å². The van der Waals surface area contributed by atoms with Gasteiger partial charge in [0, 0.05) is 12.7 Å². The molecule has 0 atom stereocenters. The minimum Gasteiger partial charge on any atom is -0.497 e. The van der Waals surface area contributed by atoms with Crippen molar-refractivity contribution >= 4 is 12.1 Å². The minimum atomic E-state index is -0.208. The monoisotopic (exact) mass is 296 g/mol. The van der Waals surface area contributed by atoms with E-state index in [4.69, 9.17) is 4.74 Å². The summed E-state index contributed by atoms with van der Waals surface area (Å²) >= 11 is 0. The Bertz CT molecular complexity index is 607. The molecule has 0 aliphatic heterocycles. The molecule has 0 saturated heterocycles. The summed E-state index contributed by atoms with van der Waals surface area (Å²) in [5.74, 6) is 0.834. The summed E-state index contributed by atoms with van der Waals surface area (Å²) in [6.45, 7) is 0.581. The minimum absolute atomic E-state index is 0.208. The lowest BCUT2D eigenvalue weighted by Crippen LogP contribution is -2.33. The van der Waals surface area contributed by atoms with Crippen LogP contribution in [0.4, 0.5) is 4.79 Å². The molecule has 0 aliphatic rings. The summed E-state index contributed by atoms with van der Waals surface area (Å²) in [5, 5.41) is 5.50. The fourth-order valence-electron chi connectivity index (χ4n) is 1.94. The number of hydrogen-bond donors (Lipinski definition) is 2. The van der Waals surface area contributed by atoms with Crippen LogP contribution in [-0.2, 0) is 6.42 Å². The Kier molecular flexibility index (Phi) is 6.05. The molecule has 0 heterocycles. The highest BCUT2D eigenvalue weighted by molar-refractivity contribution is 5.75. The smallest absolute Gasteiger partial charge is 0.318 e. The summed E-state index contributed by atoms with van der Waals surface area (Å²) < 4.78 is 5.11. The molecule has 0 saturated carbocycles. The molecule has 0 spiro atoms. The summed E-state index contributed by atoms with van der Waals surface area (Å²) in [4.78, 5) is 11.6. The molecule has 0 unspecified atom stereocenters. The van der Waals surface area contributed by atoms with E-state index in [0.29, 0.717) is 6.54 Å². The maximum Gasteiger partial charge on any atom is 0.318 e. The fourth-order valence-corrected chi connectivity index (χ4v) is 1.94. The van der Waals surface area contributed by atoms with E-state index < -0.39 is 0 Å². The molecule has 0 radical (unpaired) electrons. The molecular weight excluding hydrogens is 276 g/mol. The summed E-state index contributed by atoms with van der Waals surface area (Å²) in [7, 11) is 1.64. The highest BCUT2D eigenvalue weighted by Crippen LogP contribution is 2.11. The number of urea groups is 1. The van der Waals surface area contributed by atoms with Crippen molar-refractivity contribution in [3.63, 3.8) is 0 Å². The lowest BCUT2D eigenvalue weighted by Gasteiger charge is -2.05. The Morgan fingerprint density at radius 1 is 1.09 bits per heavy atom. The number of amides is 2. The molecule has 0 fully saturated rings. The first-order valence-corrected chi connectivity index (χ1v) is 7.17. The molecule has 0 bridgehead atoms. The van der Waals surface area contributed by atoms with E-state index >= 15 is 0 Å². The maximum atomic E-state index is 11.6. The standard InChI is InChI=1S/C18H20N2O2/c1-22-17-9-7-16(8-10-17)12-14-20-18(21)19-13-11-15-5-3-2-4-6-15/h2-11,13H,12,14H2,1H3,(H2,19,20,21)/b13-11+. The number of benzene rings is 2. The first kappa shape index (κ1) is 15.6. The van der Waals surface area contributed by atoms with Gasteiger partial charge in [0.2, 0.25) is 0 Å². The topological polar surface area (TPSA) is 50.4 Å². The van der Waals surface area contributed by atoms with E-state index in [1.54, 1.807) is 13.3 Å². The van der Waals surface area contributed by atoms with Crippen LogP contribution in [0.15, 0.2) is 60.8 Å². The van der Waals surface area contributed by atoms with Crippen LogP contribution in [0.1, 0.15) is 11.1 Å². The van der Waals surface area contributed by atoms with Crippen molar-refractivity contribution in [2.75, 3.05) is 13.7 Å². The Labute approximate surface area is 130 Å². The Balaban J connectivity index is 1.68. The summed E-state index contributed by atoms with van der Waals surface area (Å²) in [6.07, 6.45) is 4.26. The summed E-state index contributed by atoms with van der Waals surface area (Å²) in [6, 6.07) is 17.4. The second kappa shape index (κ2) is 8.52. The third kappa shape index (κ3) is 5.32. The average Bonchev–Trinajstić information content (AvgIpc) is 2.56. The molecule has 2 aromatic rings. The van der Waals surface area contributed by atoms with Gasteiger partial charge in [-0.15, -0.1) is 0 Å². The third-order valence-electron chi connectivity index (χ3n) is 3.15. The van der Waals surface area contributed by atoms with Crippen LogP contribution in [0.5, 0.6) is 5.75 Å². The van der Waals surface area contributed by atoms with E-state index in [9.17, 15) is 4.79 Å². The number of rotatable bonds is 6. The van der Waals surface area contributed by atoms with Crippen LogP contribution in [-0.4, -0.2) is 19.7 Å². The Hall–Kier alpha value is -2.75. The van der Waals surface area contributed by atoms with Crippen LogP contribution < -0.4 is 15.4 Å². The fraction of sp³-hybridized carbons (Fsp3) is 0.167. The number of carbonyl (C=O) groups excluding carboxylic acids is 1. The van der Waals surface area contributed by atoms with Gasteiger partial charge < -0.3 is 15.4 Å². The highest BCUT2D eigenvalue weighted by Gasteiger charge is 1.98. The van der Waals surface area contributed by atoms with Crippen LogP contribution in [0.2, 0.25) is 0 Å². The first-order chi connectivity index (χ1) is 10.8. The molecule has 4 heteroatoms. The first-order valence-electron chi connectivity index (χ1n) is 7.17. The third-order valence-corrected chi connectivity index (χ3v) is 3.15. The molecule has 2 rings (SSSR count). The van der Waals surface area contributed by atoms with Gasteiger partial charge in [-0.1, -0.05) is 42.5 Å².